The molecule has 6 bridgehead atoms. The van der Waals surface area contributed by atoms with E-state index in [2.05, 4.69) is 54.3 Å². The quantitative estimate of drug-likeness (QED) is 0.111. The molecule has 5 heterocycles. The lowest BCUT2D eigenvalue weighted by Crippen LogP contribution is -2.62. The van der Waals surface area contributed by atoms with Crippen LogP contribution >= 0.6 is 0 Å². The Balaban J connectivity index is 1.27. The molecule has 2 aromatic carbocycles. The number of fused-ring (bicyclic) bond motifs is 6. The Kier molecular flexibility index (Phi) is 15.3. The number of β-amino-alcohol motifs (C(OH)–C–C–N with tert-alkyl or cyclic N) is 1. The van der Waals surface area contributed by atoms with Crippen molar-refractivity contribution < 1.29 is 43.7 Å². The lowest BCUT2D eigenvalue weighted by Gasteiger charge is -2.37. The number of amides is 4. The Morgan fingerprint density at radius 2 is 1.84 bits per heavy atom. The minimum absolute atomic E-state index is 0.0279. The fourth-order valence-corrected chi connectivity index (χ4v) is 9.84. The van der Waals surface area contributed by atoms with Gasteiger partial charge in [0.2, 0.25) is 17.7 Å². The number of aromatic nitrogens is 2. The number of pyridine rings is 1. The van der Waals surface area contributed by atoms with E-state index in [1.54, 1.807) is 39.3 Å². The van der Waals surface area contributed by atoms with E-state index in [9.17, 15) is 34.2 Å². The summed E-state index contributed by atoms with van der Waals surface area (Å²) in [4.78, 5) is 79.1. The third-order valence-electron chi connectivity index (χ3n) is 13.5. The summed E-state index contributed by atoms with van der Waals surface area (Å²) in [5.41, 5.74) is 9.41. The van der Waals surface area contributed by atoms with Crippen molar-refractivity contribution in [3.8, 4) is 28.1 Å². The number of esters is 1. The third kappa shape index (κ3) is 10.7. The molecule has 2 saturated heterocycles. The van der Waals surface area contributed by atoms with Gasteiger partial charge in [-0.25, -0.2) is 5.43 Å². The molecule has 0 aliphatic carbocycles. The Bertz CT molecular complexity index is 2540. The zero-order valence-electron chi connectivity index (χ0n) is 40.9. The van der Waals surface area contributed by atoms with Crippen LogP contribution in [0, 0.1) is 11.3 Å². The van der Waals surface area contributed by atoms with Crippen LogP contribution in [0.5, 0.6) is 5.75 Å². The van der Waals surface area contributed by atoms with E-state index in [1.165, 1.54) is 28.9 Å². The number of aromatic hydroxyl groups is 1. The molecule has 4 aromatic rings. The minimum atomic E-state index is -1.20. The first-order chi connectivity index (χ1) is 32.4. The van der Waals surface area contributed by atoms with Crippen LogP contribution in [0.2, 0.25) is 0 Å². The molecule has 4 N–H and O–H groups in total. The van der Waals surface area contributed by atoms with Crippen LogP contribution in [-0.2, 0) is 52.8 Å². The van der Waals surface area contributed by atoms with Gasteiger partial charge in [0.15, 0.2) is 0 Å². The summed E-state index contributed by atoms with van der Waals surface area (Å²) in [6.07, 6.45) is 2.89. The Labute approximate surface area is 398 Å². The summed E-state index contributed by atoms with van der Waals surface area (Å²) in [6, 6.07) is 11.9. The van der Waals surface area contributed by atoms with Crippen LogP contribution in [-0.4, -0.2) is 154 Å². The monoisotopic (exact) mass is 937 g/mol. The van der Waals surface area contributed by atoms with Gasteiger partial charge in [0, 0.05) is 81.9 Å². The van der Waals surface area contributed by atoms with Gasteiger partial charge in [-0.15, -0.1) is 0 Å². The summed E-state index contributed by atoms with van der Waals surface area (Å²) >= 11 is 0. The number of hydrogen-bond donors (Lipinski definition) is 4. The van der Waals surface area contributed by atoms with Gasteiger partial charge in [-0.1, -0.05) is 39.8 Å². The first-order valence-corrected chi connectivity index (χ1v) is 23.7. The number of phenolic OH excluding ortho intramolecular Hbond substituents is 1. The van der Waals surface area contributed by atoms with Gasteiger partial charge < -0.3 is 39.4 Å². The number of hydrazine groups is 1. The molecule has 68 heavy (non-hydrogen) atoms. The number of likely N-dealkylation sites (N-methyl/N-ethyl adjacent to an activating group) is 2. The van der Waals surface area contributed by atoms with Crippen LogP contribution in [0.1, 0.15) is 77.3 Å². The van der Waals surface area contributed by atoms with Gasteiger partial charge in [-0.3, -0.25) is 38.9 Å². The number of carbonyl (C=O) groups excluding carboxylic acids is 5. The summed E-state index contributed by atoms with van der Waals surface area (Å²) in [6.45, 7) is 13.3. The summed E-state index contributed by atoms with van der Waals surface area (Å²) in [7, 11) is 4.71. The van der Waals surface area contributed by atoms with Gasteiger partial charge in [0.1, 0.15) is 29.9 Å². The number of aliphatic hydroxyl groups is 1. The molecular weight excluding hydrogens is 869 g/mol. The van der Waals surface area contributed by atoms with Crippen LogP contribution in [0.4, 0.5) is 0 Å². The lowest BCUT2D eigenvalue weighted by atomic mass is 9.84. The van der Waals surface area contributed by atoms with Crippen LogP contribution < -0.4 is 10.7 Å². The van der Waals surface area contributed by atoms with E-state index in [0.29, 0.717) is 50.0 Å². The lowest BCUT2D eigenvalue weighted by molar-refractivity contribution is -0.155. The molecule has 7 rings (SSSR count). The number of methoxy groups -OCH3 is 1. The molecular formula is C51H68N8O9. The highest BCUT2D eigenvalue weighted by molar-refractivity contribution is 5.96. The van der Waals surface area contributed by atoms with Crippen molar-refractivity contribution >= 4 is 40.5 Å². The maximum Gasteiger partial charge on any atom is 0.324 e. The molecule has 3 aliphatic rings. The second-order valence-electron chi connectivity index (χ2n) is 19.7. The van der Waals surface area contributed by atoms with Crippen molar-refractivity contribution in [1.82, 2.24) is 40.0 Å². The normalized spacial score (nSPS) is 21.4. The van der Waals surface area contributed by atoms with Crippen molar-refractivity contribution in [2.24, 2.45) is 11.3 Å². The number of phenols is 1. The van der Waals surface area contributed by atoms with Crippen molar-refractivity contribution in [3.63, 3.8) is 0 Å². The Morgan fingerprint density at radius 3 is 2.54 bits per heavy atom. The molecule has 0 saturated carbocycles. The minimum Gasteiger partial charge on any atom is -0.508 e. The maximum absolute atomic E-state index is 14.7. The molecule has 2 aromatic heterocycles. The van der Waals surface area contributed by atoms with Gasteiger partial charge >= 0.3 is 5.97 Å². The average molecular weight is 937 g/mol. The highest BCUT2D eigenvalue weighted by Crippen LogP contribution is 2.42. The SMILES string of the molecule is CCn1c(-c2cccnc2[C@H](C)OC)c2c3cc(ccc31)-c1cc(O)cc(c1)C[C@H](NC(=O)C(C(C)C)N(C)C(=O)CN(C)C(=O)[C@@H]1CN1CCO)C(=O)N1CCC[C@H](N1)C(=O)OCC(C)(C)C2. The Morgan fingerprint density at radius 1 is 1.07 bits per heavy atom. The van der Waals surface area contributed by atoms with Crippen molar-refractivity contribution in [1.29, 1.82) is 0 Å². The molecule has 17 nitrogen and oxygen atoms in total. The van der Waals surface area contributed by atoms with Gasteiger partial charge in [0.05, 0.1) is 37.3 Å². The first-order valence-electron chi connectivity index (χ1n) is 23.7. The molecule has 2 fully saturated rings. The van der Waals surface area contributed by atoms with Crippen molar-refractivity contribution in [2.75, 3.05) is 60.6 Å². The predicted octanol–water partition coefficient (Wildman–Crippen LogP) is 4.07. The fraction of sp³-hybridized carbons (Fsp3) is 0.529. The van der Waals surface area contributed by atoms with E-state index < -0.39 is 59.2 Å². The summed E-state index contributed by atoms with van der Waals surface area (Å²) in [5.74, 6) is -2.72. The largest absolute Gasteiger partial charge is 0.508 e. The molecule has 0 spiro atoms. The molecule has 6 atom stereocenters. The van der Waals surface area contributed by atoms with Gasteiger partial charge in [0.25, 0.3) is 5.91 Å². The number of cyclic esters (lactones) is 1. The van der Waals surface area contributed by atoms with Crippen LogP contribution in [0.15, 0.2) is 54.7 Å². The number of carbonyl (C=O) groups is 5. The first kappa shape index (κ1) is 50.0. The number of ether oxygens (including phenoxy) is 2. The van der Waals surface area contributed by atoms with E-state index in [-0.39, 0.29) is 50.5 Å². The predicted molar refractivity (Wildman–Crippen MR) is 257 cm³/mol. The number of benzene rings is 2. The van der Waals surface area contributed by atoms with Crippen molar-refractivity contribution in [3.05, 3.63) is 71.5 Å². The number of rotatable bonds is 13. The van der Waals surface area contributed by atoms with Gasteiger partial charge in [-0.2, -0.15) is 0 Å². The molecule has 366 valence electrons. The van der Waals surface area contributed by atoms with E-state index in [4.69, 9.17) is 14.5 Å². The van der Waals surface area contributed by atoms with E-state index in [1.807, 2.05) is 30.0 Å². The van der Waals surface area contributed by atoms with Crippen LogP contribution in [0.25, 0.3) is 33.3 Å². The van der Waals surface area contributed by atoms with Gasteiger partial charge in [-0.05, 0) is 97.7 Å². The topological polar surface area (TPSA) is 199 Å². The van der Waals surface area contributed by atoms with Crippen molar-refractivity contribution in [2.45, 2.75) is 104 Å². The van der Waals surface area contributed by atoms with E-state index in [0.717, 1.165) is 39.0 Å². The molecule has 17 heteroatoms. The molecule has 2 unspecified atom stereocenters. The molecule has 4 amide bonds. The van der Waals surface area contributed by atoms with Crippen LogP contribution in [0.3, 0.4) is 0 Å². The zero-order chi connectivity index (χ0) is 49.2. The summed E-state index contributed by atoms with van der Waals surface area (Å²) in [5, 5.41) is 25.9. The summed E-state index contributed by atoms with van der Waals surface area (Å²) < 4.78 is 14.2. The number of aryl methyl sites for hydroxylation is 1. The third-order valence-corrected chi connectivity index (χ3v) is 13.5. The zero-order valence-corrected chi connectivity index (χ0v) is 40.9. The standard InChI is InChI=1S/C51H68N8O9/c1-10-58-41-16-15-33-25-37(41)38(46(58)36-13-11-17-52-44(36)31(4)67-9)26-51(5,6)29-68-50(66)39-14-12-18-59(54-39)48(64)40(23-32-21-34(33)24-35(61)22-32)53-47(63)45(30(2)3)56(8)43(62)28-55(7)49(65)42-27-57(42)19-20-60/h11,13,15-17,21-22,24-25,30-31,39-40,42,45,54,60-61H,10,12,14,18-20,23,26-29H2,1-9H3,(H,53,63)/t31-,39-,40-,42-,45?,57?/m0/s1. The highest BCUT2D eigenvalue weighted by atomic mass is 16.5. The number of nitrogens with zero attached hydrogens (tertiary/aromatic N) is 6. The number of aliphatic hydroxyl groups excluding tert-OH is 1. The average Bonchev–Trinajstić information content (AvgIpc) is 4.02. The highest BCUT2D eigenvalue weighted by Gasteiger charge is 2.43. The molecule has 0 radical (unpaired) electrons. The smallest absolute Gasteiger partial charge is 0.324 e. The fourth-order valence-electron chi connectivity index (χ4n) is 9.84. The second kappa shape index (κ2) is 20.8. The number of nitrogens with one attached hydrogen (secondary N) is 2. The van der Waals surface area contributed by atoms with E-state index >= 15 is 0 Å². The number of hydrogen-bond acceptors (Lipinski definition) is 12. The second-order valence-corrected chi connectivity index (χ2v) is 19.7. The Hall–Kier alpha value is -5.88. The molecule has 3 aliphatic heterocycles. The maximum atomic E-state index is 14.7.